The molecule has 2 fully saturated rings. The van der Waals surface area contributed by atoms with Crippen molar-refractivity contribution in [3.05, 3.63) is 35.4 Å². The van der Waals surface area contributed by atoms with E-state index in [1.807, 2.05) is 29.2 Å². The Balaban J connectivity index is 1.63. The second-order valence-corrected chi connectivity index (χ2v) is 6.09. The van der Waals surface area contributed by atoms with Gasteiger partial charge in [-0.05, 0) is 37.0 Å². The Morgan fingerprint density at radius 2 is 1.91 bits per heavy atom. The molecule has 2 saturated heterocycles. The minimum absolute atomic E-state index is 0.0868. The van der Waals surface area contributed by atoms with Crippen molar-refractivity contribution in [3.8, 4) is 0 Å². The standard InChI is InChI=1S/C16H22N4O2/c17-16(22)18-9-11-1-3-12(4-2-11)15(21)20-8-7-13-5-6-14(10-20)19-13/h1-4,13-14,19H,5-10H2,(H3,17,18,22). The molecule has 4 N–H and O–H groups in total. The van der Waals surface area contributed by atoms with E-state index in [1.54, 1.807) is 0 Å². The SMILES string of the molecule is NC(=O)NCc1ccc(C(=O)N2CCC3CCC(C2)N3)cc1. The van der Waals surface area contributed by atoms with E-state index in [-0.39, 0.29) is 5.91 Å². The maximum absolute atomic E-state index is 12.6. The Morgan fingerprint density at radius 3 is 2.64 bits per heavy atom. The summed E-state index contributed by atoms with van der Waals surface area (Å²) in [6.07, 6.45) is 3.42. The van der Waals surface area contributed by atoms with Crippen LogP contribution in [0, 0.1) is 0 Å². The number of hydrogen-bond donors (Lipinski definition) is 3. The highest BCUT2D eigenvalue weighted by Gasteiger charge is 2.31. The van der Waals surface area contributed by atoms with E-state index in [1.165, 1.54) is 6.42 Å². The summed E-state index contributed by atoms with van der Waals surface area (Å²) in [6, 6.07) is 7.80. The molecule has 3 rings (SSSR count). The third-order valence-corrected chi connectivity index (χ3v) is 4.48. The lowest BCUT2D eigenvalue weighted by Gasteiger charge is -2.24. The van der Waals surface area contributed by atoms with Crippen LogP contribution in [0.4, 0.5) is 4.79 Å². The monoisotopic (exact) mass is 302 g/mol. The molecule has 2 bridgehead atoms. The quantitative estimate of drug-likeness (QED) is 0.772. The second-order valence-electron chi connectivity index (χ2n) is 6.09. The van der Waals surface area contributed by atoms with Crippen molar-refractivity contribution < 1.29 is 9.59 Å². The predicted molar refractivity (Wildman–Crippen MR) is 83.3 cm³/mol. The van der Waals surface area contributed by atoms with Crippen LogP contribution in [0.3, 0.4) is 0 Å². The number of rotatable bonds is 3. The summed E-state index contributed by atoms with van der Waals surface area (Å²) < 4.78 is 0. The van der Waals surface area contributed by atoms with Crippen LogP contribution in [0.25, 0.3) is 0 Å². The summed E-state index contributed by atoms with van der Waals surface area (Å²) in [5.74, 6) is 0.0868. The van der Waals surface area contributed by atoms with Gasteiger partial charge in [0.1, 0.15) is 0 Å². The zero-order chi connectivity index (χ0) is 15.5. The van der Waals surface area contributed by atoms with Gasteiger partial charge < -0.3 is 21.3 Å². The van der Waals surface area contributed by atoms with Gasteiger partial charge in [-0.25, -0.2) is 4.79 Å². The first-order valence-electron chi connectivity index (χ1n) is 7.79. The number of primary amides is 1. The lowest BCUT2D eigenvalue weighted by Crippen LogP contribution is -2.39. The molecular weight excluding hydrogens is 280 g/mol. The summed E-state index contributed by atoms with van der Waals surface area (Å²) in [5.41, 5.74) is 6.66. The number of hydrogen-bond acceptors (Lipinski definition) is 3. The van der Waals surface area contributed by atoms with Crippen LogP contribution in [0.5, 0.6) is 0 Å². The van der Waals surface area contributed by atoms with Crippen LogP contribution in [0.1, 0.15) is 35.2 Å². The second kappa shape index (κ2) is 6.36. The summed E-state index contributed by atoms with van der Waals surface area (Å²) in [4.78, 5) is 25.3. The lowest BCUT2D eigenvalue weighted by molar-refractivity contribution is 0.0748. The number of amides is 3. The van der Waals surface area contributed by atoms with Gasteiger partial charge in [0.25, 0.3) is 5.91 Å². The molecule has 2 unspecified atom stereocenters. The molecule has 0 saturated carbocycles. The first-order valence-corrected chi connectivity index (χ1v) is 7.79. The highest BCUT2D eigenvalue weighted by Crippen LogP contribution is 2.21. The molecule has 2 aliphatic rings. The van der Waals surface area contributed by atoms with Gasteiger partial charge in [0.05, 0.1) is 0 Å². The van der Waals surface area contributed by atoms with Gasteiger partial charge in [0.15, 0.2) is 0 Å². The number of carbonyl (C=O) groups excluding carboxylic acids is 2. The van der Waals surface area contributed by atoms with Gasteiger partial charge in [-0.1, -0.05) is 12.1 Å². The Morgan fingerprint density at radius 1 is 1.18 bits per heavy atom. The Labute approximate surface area is 130 Å². The highest BCUT2D eigenvalue weighted by atomic mass is 16.2. The molecule has 2 aliphatic heterocycles. The van der Waals surface area contributed by atoms with Crippen molar-refractivity contribution in [2.75, 3.05) is 13.1 Å². The number of likely N-dealkylation sites (tertiary alicyclic amines) is 1. The first-order chi connectivity index (χ1) is 10.6. The van der Waals surface area contributed by atoms with Gasteiger partial charge in [-0.2, -0.15) is 0 Å². The van der Waals surface area contributed by atoms with Crippen LogP contribution in [-0.2, 0) is 6.54 Å². The maximum Gasteiger partial charge on any atom is 0.312 e. The largest absolute Gasteiger partial charge is 0.352 e. The maximum atomic E-state index is 12.6. The number of nitrogens with two attached hydrogens (primary N) is 1. The summed E-state index contributed by atoms with van der Waals surface area (Å²) in [7, 11) is 0. The number of nitrogens with zero attached hydrogens (tertiary/aromatic N) is 1. The van der Waals surface area contributed by atoms with Crippen molar-refractivity contribution >= 4 is 11.9 Å². The smallest absolute Gasteiger partial charge is 0.312 e. The molecule has 0 radical (unpaired) electrons. The molecule has 22 heavy (non-hydrogen) atoms. The van der Waals surface area contributed by atoms with Crippen molar-refractivity contribution in [3.63, 3.8) is 0 Å². The van der Waals surface area contributed by atoms with Crippen molar-refractivity contribution in [2.24, 2.45) is 5.73 Å². The van der Waals surface area contributed by atoms with E-state index >= 15 is 0 Å². The van der Waals surface area contributed by atoms with Gasteiger partial charge >= 0.3 is 6.03 Å². The molecule has 0 spiro atoms. The topological polar surface area (TPSA) is 87.5 Å². The van der Waals surface area contributed by atoms with E-state index in [4.69, 9.17) is 5.73 Å². The summed E-state index contributed by atoms with van der Waals surface area (Å²) in [6.45, 7) is 1.99. The van der Waals surface area contributed by atoms with E-state index in [0.717, 1.165) is 31.5 Å². The Hall–Kier alpha value is -2.08. The molecule has 1 aromatic rings. The number of urea groups is 1. The number of fused-ring (bicyclic) bond motifs is 2. The molecule has 118 valence electrons. The van der Waals surface area contributed by atoms with Gasteiger partial charge in [-0.15, -0.1) is 0 Å². The molecule has 2 heterocycles. The number of nitrogens with one attached hydrogen (secondary N) is 2. The third kappa shape index (κ3) is 3.39. The lowest BCUT2D eigenvalue weighted by atomic mass is 10.1. The molecule has 6 nitrogen and oxygen atoms in total. The van der Waals surface area contributed by atoms with Gasteiger partial charge in [0, 0.05) is 37.3 Å². The van der Waals surface area contributed by atoms with Gasteiger partial charge in [-0.3, -0.25) is 4.79 Å². The van der Waals surface area contributed by atoms with Crippen molar-refractivity contribution in [1.82, 2.24) is 15.5 Å². The summed E-state index contributed by atoms with van der Waals surface area (Å²) >= 11 is 0. The average molecular weight is 302 g/mol. The van der Waals surface area contributed by atoms with Gasteiger partial charge in [0.2, 0.25) is 0 Å². The molecule has 3 amide bonds. The van der Waals surface area contributed by atoms with E-state index in [9.17, 15) is 9.59 Å². The average Bonchev–Trinajstić information content (AvgIpc) is 2.84. The minimum Gasteiger partial charge on any atom is -0.352 e. The van der Waals surface area contributed by atoms with E-state index < -0.39 is 6.03 Å². The highest BCUT2D eigenvalue weighted by molar-refractivity contribution is 5.94. The molecule has 6 heteroatoms. The Kier molecular flexibility index (Phi) is 4.29. The fourth-order valence-corrected chi connectivity index (χ4v) is 3.26. The van der Waals surface area contributed by atoms with Crippen LogP contribution in [0.2, 0.25) is 0 Å². The third-order valence-electron chi connectivity index (χ3n) is 4.48. The normalized spacial score (nSPS) is 23.9. The minimum atomic E-state index is -0.549. The summed E-state index contributed by atoms with van der Waals surface area (Å²) in [5, 5.41) is 6.12. The Bertz CT molecular complexity index is 558. The molecular formula is C16H22N4O2. The van der Waals surface area contributed by atoms with Crippen molar-refractivity contribution in [1.29, 1.82) is 0 Å². The van der Waals surface area contributed by atoms with E-state index in [0.29, 0.717) is 24.2 Å². The molecule has 1 aromatic carbocycles. The molecule has 2 atom stereocenters. The fourth-order valence-electron chi connectivity index (χ4n) is 3.26. The van der Waals surface area contributed by atoms with Crippen LogP contribution in [-0.4, -0.2) is 42.0 Å². The number of carbonyl (C=O) groups is 2. The zero-order valence-electron chi connectivity index (χ0n) is 12.5. The zero-order valence-corrected chi connectivity index (χ0v) is 12.5. The first kappa shape index (κ1) is 14.8. The fraction of sp³-hybridized carbons (Fsp3) is 0.500. The molecule has 0 aromatic heterocycles. The van der Waals surface area contributed by atoms with Crippen LogP contribution in [0.15, 0.2) is 24.3 Å². The van der Waals surface area contributed by atoms with Crippen molar-refractivity contribution in [2.45, 2.75) is 37.9 Å². The number of benzene rings is 1. The predicted octanol–water partition coefficient (Wildman–Crippen LogP) is 0.821. The van der Waals surface area contributed by atoms with E-state index in [2.05, 4.69) is 10.6 Å². The molecule has 0 aliphatic carbocycles. The van der Waals surface area contributed by atoms with Crippen LogP contribution >= 0.6 is 0 Å². The van der Waals surface area contributed by atoms with Crippen LogP contribution < -0.4 is 16.4 Å².